The predicted molar refractivity (Wildman–Crippen MR) is 64.6 cm³/mol. The lowest BCUT2D eigenvalue weighted by Crippen LogP contribution is -2.39. The summed E-state index contributed by atoms with van der Waals surface area (Å²) in [5, 5.41) is 0.647. The van der Waals surface area contributed by atoms with Crippen LogP contribution in [0.3, 0.4) is 0 Å². The number of nitrogens with zero attached hydrogens (tertiary/aromatic N) is 1. The number of nitrogens with two attached hydrogens (primary N) is 1. The third-order valence-electron chi connectivity index (χ3n) is 3.00. The van der Waals surface area contributed by atoms with Crippen LogP contribution in [0.1, 0.15) is 23.2 Å². The largest absolute Gasteiger partial charge is 0.334 e. The standard InChI is InChI=1S/C12H15ClN2O/c13-10-5-3-9(4-6-10)12(16)15-7-1-2-11(15)8-14/h3-6,11H,1-2,7-8,14H2/t11-/m0/s1. The van der Waals surface area contributed by atoms with Crippen molar-refractivity contribution in [2.75, 3.05) is 13.1 Å². The molecule has 2 rings (SSSR count). The molecule has 0 bridgehead atoms. The van der Waals surface area contributed by atoms with Crippen LogP contribution < -0.4 is 5.73 Å². The van der Waals surface area contributed by atoms with E-state index in [4.69, 9.17) is 17.3 Å². The smallest absolute Gasteiger partial charge is 0.254 e. The summed E-state index contributed by atoms with van der Waals surface area (Å²) in [4.78, 5) is 14.0. The maximum atomic E-state index is 12.2. The summed E-state index contributed by atoms with van der Waals surface area (Å²) in [7, 11) is 0. The average molecular weight is 239 g/mol. The summed E-state index contributed by atoms with van der Waals surface area (Å²) in [5.41, 5.74) is 6.33. The molecule has 16 heavy (non-hydrogen) atoms. The van der Waals surface area contributed by atoms with Gasteiger partial charge in [-0.15, -0.1) is 0 Å². The van der Waals surface area contributed by atoms with Crippen LogP contribution in [-0.4, -0.2) is 29.9 Å². The lowest BCUT2D eigenvalue weighted by Gasteiger charge is -2.23. The molecule has 0 spiro atoms. The van der Waals surface area contributed by atoms with Crippen molar-refractivity contribution in [1.29, 1.82) is 0 Å². The summed E-state index contributed by atoms with van der Waals surface area (Å²) in [6, 6.07) is 7.20. The third-order valence-corrected chi connectivity index (χ3v) is 3.25. The maximum Gasteiger partial charge on any atom is 0.254 e. The second-order valence-electron chi connectivity index (χ2n) is 4.04. The van der Waals surface area contributed by atoms with Gasteiger partial charge < -0.3 is 10.6 Å². The first kappa shape index (κ1) is 11.4. The van der Waals surface area contributed by atoms with Crippen LogP contribution >= 0.6 is 11.6 Å². The van der Waals surface area contributed by atoms with Crippen molar-refractivity contribution >= 4 is 17.5 Å². The van der Waals surface area contributed by atoms with Gasteiger partial charge in [-0.3, -0.25) is 4.79 Å². The van der Waals surface area contributed by atoms with Crippen molar-refractivity contribution in [3.63, 3.8) is 0 Å². The monoisotopic (exact) mass is 238 g/mol. The van der Waals surface area contributed by atoms with E-state index in [0.717, 1.165) is 19.4 Å². The Labute approximate surface area is 100 Å². The van der Waals surface area contributed by atoms with Gasteiger partial charge in [0.05, 0.1) is 0 Å². The molecule has 2 N–H and O–H groups in total. The number of rotatable bonds is 2. The highest BCUT2D eigenvalue weighted by atomic mass is 35.5. The Kier molecular flexibility index (Phi) is 3.46. The molecule has 0 unspecified atom stereocenters. The van der Waals surface area contributed by atoms with E-state index < -0.39 is 0 Å². The van der Waals surface area contributed by atoms with Gasteiger partial charge >= 0.3 is 0 Å². The van der Waals surface area contributed by atoms with E-state index in [1.807, 2.05) is 4.90 Å². The number of hydrogen-bond donors (Lipinski definition) is 1. The highest BCUT2D eigenvalue weighted by molar-refractivity contribution is 6.30. The molecule has 3 nitrogen and oxygen atoms in total. The zero-order valence-electron chi connectivity index (χ0n) is 9.03. The van der Waals surface area contributed by atoms with Crippen LogP contribution in [0.4, 0.5) is 0 Å². The third kappa shape index (κ3) is 2.20. The van der Waals surface area contributed by atoms with Crippen molar-refractivity contribution < 1.29 is 4.79 Å². The Morgan fingerprint density at radius 1 is 1.44 bits per heavy atom. The molecule has 86 valence electrons. The SMILES string of the molecule is NC[C@@H]1CCCN1C(=O)c1ccc(Cl)cc1. The molecule has 1 aromatic rings. The molecule has 4 heteroatoms. The Morgan fingerprint density at radius 3 is 2.75 bits per heavy atom. The molecule has 0 aromatic heterocycles. The zero-order chi connectivity index (χ0) is 11.5. The van der Waals surface area contributed by atoms with Gasteiger partial charge in [-0.1, -0.05) is 11.6 Å². The van der Waals surface area contributed by atoms with Gasteiger partial charge in [-0.2, -0.15) is 0 Å². The van der Waals surface area contributed by atoms with Crippen LogP contribution in [0.25, 0.3) is 0 Å². The minimum Gasteiger partial charge on any atom is -0.334 e. The quantitative estimate of drug-likeness (QED) is 0.856. The Morgan fingerprint density at radius 2 is 2.12 bits per heavy atom. The van der Waals surface area contributed by atoms with Crippen LogP contribution in [0.5, 0.6) is 0 Å². The fourth-order valence-electron chi connectivity index (χ4n) is 2.11. The van der Waals surface area contributed by atoms with E-state index in [-0.39, 0.29) is 11.9 Å². The molecule has 1 amide bonds. The Bertz CT molecular complexity index is 377. The number of benzene rings is 1. The van der Waals surface area contributed by atoms with Crippen molar-refractivity contribution in [3.05, 3.63) is 34.9 Å². The molecule has 0 radical (unpaired) electrons. The van der Waals surface area contributed by atoms with Crippen molar-refractivity contribution in [2.45, 2.75) is 18.9 Å². The lowest BCUT2D eigenvalue weighted by atomic mass is 10.1. The van der Waals surface area contributed by atoms with E-state index >= 15 is 0 Å². The molecule has 1 heterocycles. The number of carbonyl (C=O) groups excluding carboxylic acids is 1. The summed E-state index contributed by atoms with van der Waals surface area (Å²) in [5.74, 6) is 0.0598. The molecule has 1 saturated heterocycles. The van der Waals surface area contributed by atoms with Gasteiger partial charge in [0, 0.05) is 29.7 Å². The summed E-state index contributed by atoms with van der Waals surface area (Å²) < 4.78 is 0. The molecule has 0 aliphatic carbocycles. The van der Waals surface area contributed by atoms with Crippen molar-refractivity contribution in [2.24, 2.45) is 5.73 Å². The van der Waals surface area contributed by atoms with Gasteiger partial charge in [0.25, 0.3) is 5.91 Å². The molecule has 1 aliphatic rings. The first-order valence-electron chi connectivity index (χ1n) is 5.49. The molecular weight excluding hydrogens is 224 g/mol. The first-order valence-corrected chi connectivity index (χ1v) is 5.87. The molecule has 1 aliphatic heterocycles. The summed E-state index contributed by atoms with van der Waals surface area (Å²) >= 11 is 5.79. The number of amides is 1. The van der Waals surface area contributed by atoms with Crippen molar-refractivity contribution in [1.82, 2.24) is 4.90 Å². The Balaban J connectivity index is 2.15. The van der Waals surface area contributed by atoms with Gasteiger partial charge in [-0.05, 0) is 37.1 Å². The van der Waals surface area contributed by atoms with Crippen LogP contribution in [0.15, 0.2) is 24.3 Å². The van der Waals surface area contributed by atoms with Gasteiger partial charge in [0.2, 0.25) is 0 Å². The second kappa shape index (κ2) is 4.85. The van der Waals surface area contributed by atoms with Crippen LogP contribution in [-0.2, 0) is 0 Å². The molecule has 1 aromatic carbocycles. The van der Waals surface area contributed by atoms with Crippen molar-refractivity contribution in [3.8, 4) is 0 Å². The van der Waals surface area contributed by atoms with E-state index in [9.17, 15) is 4.79 Å². The first-order chi connectivity index (χ1) is 7.72. The predicted octanol–water partition coefficient (Wildman–Crippen LogP) is 1.90. The normalized spacial score (nSPS) is 20.1. The van der Waals surface area contributed by atoms with Gasteiger partial charge in [-0.25, -0.2) is 0 Å². The molecule has 1 atom stereocenters. The van der Waals surface area contributed by atoms with Gasteiger partial charge in [0.1, 0.15) is 0 Å². The average Bonchev–Trinajstić information content (AvgIpc) is 2.77. The highest BCUT2D eigenvalue weighted by Gasteiger charge is 2.27. The van der Waals surface area contributed by atoms with Crippen LogP contribution in [0, 0.1) is 0 Å². The number of likely N-dealkylation sites (tertiary alicyclic amines) is 1. The minimum absolute atomic E-state index is 0.0598. The molecular formula is C12H15ClN2O. The van der Waals surface area contributed by atoms with Crippen LogP contribution in [0.2, 0.25) is 5.02 Å². The second-order valence-corrected chi connectivity index (χ2v) is 4.47. The van der Waals surface area contributed by atoms with E-state index in [1.54, 1.807) is 24.3 Å². The Hall–Kier alpha value is -1.06. The van der Waals surface area contributed by atoms with E-state index in [2.05, 4.69) is 0 Å². The fraction of sp³-hybridized carbons (Fsp3) is 0.417. The minimum atomic E-state index is 0.0598. The highest BCUT2D eigenvalue weighted by Crippen LogP contribution is 2.20. The number of hydrogen-bond acceptors (Lipinski definition) is 2. The fourth-order valence-corrected chi connectivity index (χ4v) is 2.23. The van der Waals surface area contributed by atoms with Gasteiger partial charge in [0.15, 0.2) is 0 Å². The lowest BCUT2D eigenvalue weighted by molar-refractivity contribution is 0.0741. The topological polar surface area (TPSA) is 46.3 Å². The summed E-state index contributed by atoms with van der Waals surface area (Å²) in [6.07, 6.45) is 2.05. The van der Waals surface area contributed by atoms with E-state index in [0.29, 0.717) is 17.1 Å². The zero-order valence-corrected chi connectivity index (χ0v) is 9.78. The molecule has 1 fully saturated rings. The summed E-state index contributed by atoms with van der Waals surface area (Å²) in [6.45, 7) is 1.35. The molecule has 0 saturated carbocycles. The maximum absolute atomic E-state index is 12.2. The van der Waals surface area contributed by atoms with E-state index in [1.165, 1.54) is 0 Å². The number of carbonyl (C=O) groups is 1. The number of halogens is 1.